The number of aryl methyl sites for hydroxylation is 1. The molecule has 0 radical (unpaired) electrons. The van der Waals surface area contributed by atoms with Crippen LogP contribution in [-0.2, 0) is 4.79 Å². The van der Waals surface area contributed by atoms with Gasteiger partial charge in [-0.3, -0.25) is 9.59 Å². The minimum absolute atomic E-state index is 0.0260. The predicted octanol–water partition coefficient (Wildman–Crippen LogP) is 2.86. The summed E-state index contributed by atoms with van der Waals surface area (Å²) in [4.78, 5) is 22.8. The molecule has 1 aromatic rings. The van der Waals surface area contributed by atoms with Gasteiger partial charge in [-0.25, -0.2) is 0 Å². The zero-order valence-electron chi connectivity index (χ0n) is 12.3. The van der Waals surface area contributed by atoms with Gasteiger partial charge >= 0.3 is 5.97 Å². The van der Waals surface area contributed by atoms with E-state index < -0.39 is 5.97 Å². The highest BCUT2D eigenvalue weighted by molar-refractivity contribution is 5.94. The molecule has 0 saturated carbocycles. The number of carboxylic acids is 1. The molecule has 0 bridgehead atoms. The van der Waals surface area contributed by atoms with E-state index in [0.29, 0.717) is 18.0 Å². The number of rotatable bonds is 7. The van der Waals surface area contributed by atoms with Crippen molar-refractivity contribution >= 4 is 11.9 Å². The van der Waals surface area contributed by atoms with Gasteiger partial charge in [-0.1, -0.05) is 31.5 Å². The minimum atomic E-state index is -0.819. The normalized spacial score (nSPS) is 12.2. The molecule has 1 atom stereocenters. The molecule has 1 aromatic carbocycles. The molecule has 110 valence electrons. The van der Waals surface area contributed by atoms with E-state index in [-0.39, 0.29) is 18.2 Å². The van der Waals surface area contributed by atoms with Crippen LogP contribution in [0.1, 0.15) is 42.6 Å². The van der Waals surface area contributed by atoms with Crippen LogP contribution in [0.5, 0.6) is 0 Å². The second kappa shape index (κ2) is 7.68. The Morgan fingerprint density at radius 2 is 1.80 bits per heavy atom. The number of hydrogen-bond acceptors (Lipinski definition) is 2. The molecule has 4 nitrogen and oxygen atoms in total. The number of amides is 1. The standard InChI is InChI=1S/C16H23NO3/c1-11(2)8-13(9-15(18)19)10-17-16(20)14-6-4-12(3)5-7-14/h4-7,11,13H,8-10H2,1-3H3,(H,17,20)(H,18,19). The fourth-order valence-corrected chi connectivity index (χ4v) is 2.20. The Labute approximate surface area is 120 Å². The lowest BCUT2D eigenvalue weighted by molar-refractivity contribution is -0.138. The van der Waals surface area contributed by atoms with Gasteiger partial charge in [0.05, 0.1) is 0 Å². The molecule has 0 saturated heterocycles. The third-order valence-corrected chi connectivity index (χ3v) is 3.13. The molecule has 1 unspecified atom stereocenters. The van der Waals surface area contributed by atoms with E-state index >= 15 is 0 Å². The predicted molar refractivity (Wildman–Crippen MR) is 78.7 cm³/mol. The summed E-state index contributed by atoms with van der Waals surface area (Å²) in [5, 5.41) is 11.7. The molecule has 0 aliphatic rings. The van der Waals surface area contributed by atoms with Crippen molar-refractivity contribution in [3.63, 3.8) is 0 Å². The van der Waals surface area contributed by atoms with Crippen molar-refractivity contribution in [2.24, 2.45) is 11.8 Å². The van der Waals surface area contributed by atoms with Gasteiger partial charge in [-0.05, 0) is 37.3 Å². The lowest BCUT2D eigenvalue weighted by Crippen LogP contribution is -2.31. The fourth-order valence-electron chi connectivity index (χ4n) is 2.20. The first-order chi connectivity index (χ1) is 9.38. The zero-order chi connectivity index (χ0) is 15.1. The second-order valence-electron chi connectivity index (χ2n) is 5.67. The summed E-state index contributed by atoms with van der Waals surface area (Å²) in [5.74, 6) is -0.582. The van der Waals surface area contributed by atoms with Crippen LogP contribution in [0.4, 0.5) is 0 Å². The summed E-state index contributed by atoms with van der Waals surface area (Å²) >= 11 is 0. The van der Waals surface area contributed by atoms with Gasteiger partial charge in [0.2, 0.25) is 0 Å². The Balaban J connectivity index is 2.55. The molecule has 1 rings (SSSR count). The second-order valence-corrected chi connectivity index (χ2v) is 5.67. The first kappa shape index (κ1) is 16.2. The molecule has 0 fully saturated rings. The van der Waals surface area contributed by atoms with Gasteiger partial charge in [0, 0.05) is 18.5 Å². The van der Waals surface area contributed by atoms with Crippen molar-refractivity contribution < 1.29 is 14.7 Å². The Bertz CT molecular complexity index is 451. The van der Waals surface area contributed by atoms with Crippen LogP contribution in [0.15, 0.2) is 24.3 Å². The first-order valence-electron chi connectivity index (χ1n) is 6.95. The van der Waals surface area contributed by atoms with Gasteiger partial charge in [0.1, 0.15) is 0 Å². The van der Waals surface area contributed by atoms with Crippen LogP contribution in [0.2, 0.25) is 0 Å². The Morgan fingerprint density at radius 1 is 1.20 bits per heavy atom. The maximum absolute atomic E-state index is 12.0. The molecule has 1 amide bonds. The summed E-state index contributed by atoms with van der Waals surface area (Å²) in [6, 6.07) is 7.33. The van der Waals surface area contributed by atoms with Gasteiger partial charge in [0.25, 0.3) is 5.91 Å². The highest BCUT2D eigenvalue weighted by Gasteiger charge is 2.16. The van der Waals surface area contributed by atoms with Crippen molar-refractivity contribution in [2.45, 2.75) is 33.6 Å². The molecule has 2 N–H and O–H groups in total. The van der Waals surface area contributed by atoms with Crippen LogP contribution < -0.4 is 5.32 Å². The number of aliphatic carboxylic acids is 1. The zero-order valence-corrected chi connectivity index (χ0v) is 12.3. The smallest absolute Gasteiger partial charge is 0.303 e. The van der Waals surface area contributed by atoms with Crippen molar-refractivity contribution in [3.05, 3.63) is 35.4 Å². The van der Waals surface area contributed by atoms with E-state index in [1.54, 1.807) is 12.1 Å². The van der Waals surface area contributed by atoms with E-state index in [1.165, 1.54) is 0 Å². The van der Waals surface area contributed by atoms with Crippen molar-refractivity contribution in [1.82, 2.24) is 5.32 Å². The quantitative estimate of drug-likeness (QED) is 0.805. The van der Waals surface area contributed by atoms with Gasteiger partial charge in [-0.2, -0.15) is 0 Å². The van der Waals surface area contributed by atoms with Crippen molar-refractivity contribution in [1.29, 1.82) is 0 Å². The number of hydrogen-bond donors (Lipinski definition) is 2. The van der Waals surface area contributed by atoms with E-state index in [4.69, 9.17) is 5.11 Å². The van der Waals surface area contributed by atoms with E-state index in [9.17, 15) is 9.59 Å². The van der Waals surface area contributed by atoms with E-state index in [2.05, 4.69) is 19.2 Å². The summed E-state index contributed by atoms with van der Waals surface area (Å²) in [7, 11) is 0. The minimum Gasteiger partial charge on any atom is -0.481 e. The molecule has 0 aromatic heterocycles. The van der Waals surface area contributed by atoms with Crippen molar-refractivity contribution in [3.8, 4) is 0 Å². The third-order valence-electron chi connectivity index (χ3n) is 3.13. The van der Waals surface area contributed by atoms with Crippen LogP contribution in [0.3, 0.4) is 0 Å². The number of carbonyl (C=O) groups excluding carboxylic acids is 1. The van der Waals surface area contributed by atoms with Gasteiger partial charge in [0.15, 0.2) is 0 Å². The van der Waals surface area contributed by atoms with Crippen LogP contribution in [0.25, 0.3) is 0 Å². The summed E-state index contributed by atoms with van der Waals surface area (Å²) in [5.41, 5.74) is 1.71. The molecular formula is C16H23NO3. The molecule has 0 aliphatic heterocycles. The molecule has 0 heterocycles. The Morgan fingerprint density at radius 3 is 2.30 bits per heavy atom. The molecule has 0 aliphatic carbocycles. The maximum Gasteiger partial charge on any atom is 0.303 e. The summed E-state index contributed by atoms with van der Waals surface area (Å²) < 4.78 is 0. The largest absolute Gasteiger partial charge is 0.481 e. The van der Waals surface area contributed by atoms with Gasteiger partial charge < -0.3 is 10.4 Å². The maximum atomic E-state index is 12.0. The molecular weight excluding hydrogens is 254 g/mol. The number of carboxylic acid groups (broad SMARTS) is 1. The van der Waals surface area contributed by atoms with Crippen LogP contribution in [0, 0.1) is 18.8 Å². The van der Waals surface area contributed by atoms with Gasteiger partial charge in [-0.15, -0.1) is 0 Å². The van der Waals surface area contributed by atoms with Crippen LogP contribution >= 0.6 is 0 Å². The topological polar surface area (TPSA) is 66.4 Å². The number of nitrogens with one attached hydrogen (secondary N) is 1. The average Bonchev–Trinajstić information content (AvgIpc) is 2.35. The third kappa shape index (κ3) is 5.87. The summed E-state index contributed by atoms with van der Waals surface area (Å²) in [6.45, 7) is 6.47. The SMILES string of the molecule is Cc1ccc(C(=O)NCC(CC(=O)O)CC(C)C)cc1. The highest BCUT2D eigenvalue weighted by atomic mass is 16.4. The summed E-state index contributed by atoms with van der Waals surface area (Å²) in [6.07, 6.45) is 0.882. The lowest BCUT2D eigenvalue weighted by atomic mass is 9.94. The van der Waals surface area contributed by atoms with Crippen LogP contribution in [-0.4, -0.2) is 23.5 Å². The van der Waals surface area contributed by atoms with Crippen molar-refractivity contribution in [2.75, 3.05) is 6.54 Å². The highest BCUT2D eigenvalue weighted by Crippen LogP contribution is 2.15. The first-order valence-corrected chi connectivity index (χ1v) is 6.95. The average molecular weight is 277 g/mol. The Hall–Kier alpha value is -1.84. The molecule has 20 heavy (non-hydrogen) atoms. The lowest BCUT2D eigenvalue weighted by Gasteiger charge is -2.17. The van der Waals surface area contributed by atoms with E-state index in [1.807, 2.05) is 19.1 Å². The number of carbonyl (C=O) groups is 2. The van der Waals surface area contributed by atoms with E-state index in [0.717, 1.165) is 12.0 Å². The molecule has 4 heteroatoms. The monoisotopic (exact) mass is 277 g/mol. The Kier molecular flexibility index (Phi) is 6.22. The fraction of sp³-hybridized carbons (Fsp3) is 0.500. The molecule has 0 spiro atoms. The number of benzene rings is 1.